The number of thioether (sulfide) groups is 1. The summed E-state index contributed by atoms with van der Waals surface area (Å²) in [6.07, 6.45) is 2.67. The number of nitrogens with zero attached hydrogens (tertiary/aromatic N) is 1. The van der Waals surface area contributed by atoms with E-state index in [0.717, 1.165) is 22.7 Å². The van der Waals surface area contributed by atoms with Gasteiger partial charge in [0.25, 0.3) is 5.56 Å². The van der Waals surface area contributed by atoms with Gasteiger partial charge in [-0.2, -0.15) is 0 Å². The van der Waals surface area contributed by atoms with Crippen molar-refractivity contribution in [2.75, 3.05) is 6.26 Å². The first kappa shape index (κ1) is 13.1. The standard InChI is InChI=1S/C13H14N2OS2.H2/c1-3-10-11(18-2)12(16)15(13(17)14-10)9-7-5-4-6-8-9;/h4-8H,3H2,1-2H3,(H,14,17);1H. The van der Waals surface area contributed by atoms with Crippen LogP contribution in [0.1, 0.15) is 14.0 Å². The van der Waals surface area contributed by atoms with E-state index in [-0.39, 0.29) is 6.99 Å². The van der Waals surface area contributed by atoms with Gasteiger partial charge in [-0.05, 0) is 37.0 Å². The number of hydrogen-bond acceptors (Lipinski definition) is 3. The van der Waals surface area contributed by atoms with E-state index < -0.39 is 0 Å². The monoisotopic (exact) mass is 280 g/mol. The highest BCUT2D eigenvalue weighted by Gasteiger charge is 2.11. The number of nitrogens with one attached hydrogen (secondary N) is 1. The SMILES string of the molecule is CCc1[nH]c(=S)n(-c2ccccc2)c(=O)c1SC.[HH]. The Kier molecular flexibility index (Phi) is 4.04. The molecule has 0 saturated heterocycles. The Labute approximate surface area is 116 Å². The van der Waals surface area contributed by atoms with Crippen LogP contribution < -0.4 is 5.56 Å². The van der Waals surface area contributed by atoms with Crippen LogP contribution >= 0.6 is 24.0 Å². The minimum Gasteiger partial charge on any atom is -0.334 e. The van der Waals surface area contributed by atoms with Crippen molar-refractivity contribution in [1.82, 2.24) is 9.55 Å². The lowest BCUT2D eigenvalue weighted by Gasteiger charge is -2.11. The van der Waals surface area contributed by atoms with Gasteiger partial charge in [-0.3, -0.25) is 9.36 Å². The summed E-state index contributed by atoms with van der Waals surface area (Å²) in [7, 11) is 0. The van der Waals surface area contributed by atoms with E-state index in [1.807, 2.05) is 43.5 Å². The quantitative estimate of drug-likeness (QED) is 0.691. The first-order valence-corrected chi connectivity index (χ1v) is 7.30. The molecule has 0 saturated carbocycles. The smallest absolute Gasteiger partial charge is 0.272 e. The Hall–Kier alpha value is -1.33. The minimum absolute atomic E-state index is 0. The Morgan fingerprint density at radius 3 is 2.61 bits per heavy atom. The number of H-pyrrole nitrogens is 1. The van der Waals surface area contributed by atoms with Gasteiger partial charge >= 0.3 is 0 Å². The molecule has 0 amide bonds. The summed E-state index contributed by atoms with van der Waals surface area (Å²) in [6.45, 7) is 2.01. The highest BCUT2D eigenvalue weighted by atomic mass is 32.2. The van der Waals surface area contributed by atoms with E-state index in [1.54, 1.807) is 4.57 Å². The van der Waals surface area contributed by atoms with Gasteiger partial charge in [0.15, 0.2) is 4.77 Å². The third-order valence-corrected chi connectivity index (χ3v) is 3.82. The highest BCUT2D eigenvalue weighted by molar-refractivity contribution is 7.98. The summed E-state index contributed by atoms with van der Waals surface area (Å²) in [6, 6.07) is 9.45. The maximum Gasteiger partial charge on any atom is 0.272 e. The molecule has 0 bridgehead atoms. The normalized spacial score (nSPS) is 10.6. The molecular weight excluding hydrogens is 264 g/mol. The average Bonchev–Trinajstić information content (AvgIpc) is 2.39. The molecule has 5 heteroatoms. The summed E-state index contributed by atoms with van der Waals surface area (Å²) in [5, 5.41) is 0. The van der Waals surface area contributed by atoms with Gasteiger partial charge in [-0.15, -0.1) is 11.8 Å². The molecule has 0 unspecified atom stereocenters. The second-order valence-corrected chi connectivity index (χ2v) is 4.97. The molecular formula is C13H16N2OS2. The molecule has 2 rings (SSSR count). The molecule has 0 aliphatic carbocycles. The highest BCUT2D eigenvalue weighted by Crippen LogP contribution is 2.16. The fraction of sp³-hybridized carbons (Fsp3) is 0.231. The third-order valence-electron chi connectivity index (χ3n) is 2.70. The van der Waals surface area contributed by atoms with Crippen LogP contribution in [0.5, 0.6) is 0 Å². The molecule has 96 valence electrons. The van der Waals surface area contributed by atoms with Crippen molar-refractivity contribution in [3.05, 3.63) is 51.2 Å². The van der Waals surface area contributed by atoms with Crippen LogP contribution in [0.25, 0.3) is 5.69 Å². The van der Waals surface area contributed by atoms with E-state index in [0.29, 0.717) is 4.77 Å². The van der Waals surface area contributed by atoms with Crippen molar-refractivity contribution >= 4 is 24.0 Å². The molecule has 1 aromatic carbocycles. The van der Waals surface area contributed by atoms with E-state index in [4.69, 9.17) is 12.2 Å². The lowest BCUT2D eigenvalue weighted by Crippen LogP contribution is -2.23. The van der Waals surface area contributed by atoms with E-state index in [9.17, 15) is 4.79 Å². The fourth-order valence-corrected chi connectivity index (χ4v) is 2.85. The Morgan fingerprint density at radius 2 is 2.06 bits per heavy atom. The number of hydrogen-bond donors (Lipinski definition) is 1. The van der Waals surface area contributed by atoms with Gasteiger partial charge in [0, 0.05) is 7.12 Å². The maximum absolute atomic E-state index is 12.5. The van der Waals surface area contributed by atoms with Crippen LogP contribution in [0.3, 0.4) is 0 Å². The summed E-state index contributed by atoms with van der Waals surface area (Å²) < 4.78 is 1.99. The second kappa shape index (κ2) is 5.54. The zero-order valence-corrected chi connectivity index (χ0v) is 11.9. The summed E-state index contributed by atoms with van der Waals surface area (Å²) in [5.74, 6) is 0. The second-order valence-electron chi connectivity index (χ2n) is 3.77. The molecule has 0 aliphatic heterocycles. The average molecular weight is 280 g/mol. The van der Waals surface area contributed by atoms with E-state index in [2.05, 4.69) is 4.98 Å². The van der Waals surface area contributed by atoms with Gasteiger partial charge in [0.2, 0.25) is 0 Å². The topological polar surface area (TPSA) is 37.8 Å². The molecule has 1 aromatic heterocycles. The van der Waals surface area contributed by atoms with E-state index >= 15 is 0 Å². The first-order chi connectivity index (χ1) is 8.69. The zero-order valence-electron chi connectivity index (χ0n) is 10.3. The van der Waals surface area contributed by atoms with Crippen molar-refractivity contribution in [2.24, 2.45) is 0 Å². The predicted octanol–water partition coefficient (Wildman–Crippen LogP) is 3.43. The van der Waals surface area contributed by atoms with Crippen molar-refractivity contribution in [1.29, 1.82) is 0 Å². The van der Waals surface area contributed by atoms with Gasteiger partial charge in [0.1, 0.15) is 0 Å². The minimum atomic E-state index is -0.0469. The van der Waals surface area contributed by atoms with Crippen LogP contribution in [0.15, 0.2) is 40.0 Å². The zero-order chi connectivity index (χ0) is 13.1. The summed E-state index contributed by atoms with van der Waals surface area (Å²) in [5.41, 5.74) is 1.65. The summed E-state index contributed by atoms with van der Waals surface area (Å²) in [4.78, 5) is 16.3. The molecule has 3 nitrogen and oxygen atoms in total. The van der Waals surface area contributed by atoms with Crippen molar-refractivity contribution in [3.8, 4) is 5.69 Å². The number of aromatic nitrogens is 2. The van der Waals surface area contributed by atoms with Gasteiger partial charge in [0.05, 0.1) is 10.6 Å². The molecule has 18 heavy (non-hydrogen) atoms. The number of rotatable bonds is 3. The molecule has 0 spiro atoms. The molecule has 0 atom stereocenters. The molecule has 0 fully saturated rings. The fourth-order valence-electron chi connectivity index (χ4n) is 1.84. The number of para-hydroxylation sites is 1. The van der Waals surface area contributed by atoms with Crippen LogP contribution in [-0.2, 0) is 6.42 Å². The largest absolute Gasteiger partial charge is 0.334 e. The Bertz CT molecular complexity index is 665. The van der Waals surface area contributed by atoms with Crippen molar-refractivity contribution in [3.63, 3.8) is 0 Å². The van der Waals surface area contributed by atoms with Crippen LogP contribution in [0.2, 0.25) is 0 Å². The first-order valence-electron chi connectivity index (χ1n) is 5.66. The van der Waals surface area contributed by atoms with Gasteiger partial charge < -0.3 is 4.98 Å². The number of aryl methyl sites for hydroxylation is 1. The molecule has 2 aromatic rings. The molecule has 0 radical (unpaired) electrons. The van der Waals surface area contributed by atoms with Crippen LogP contribution in [0, 0.1) is 4.77 Å². The lowest BCUT2D eigenvalue weighted by atomic mass is 10.3. The van der Waals surface area contributed by atoms with Crippen LogP contribution in [-0.4, -0.2) is 15.8 Å². The molecule has 1 heterocycles. The Morgan fingerprint density at radius 1 is 1.39 bits per heavy atom. The third kappa shape index (κ3) is 2.28. The number of aromatic amines is 1. The van der Waals surface area contributed by atoms with Crippen molar-refractivity contribution in [2.45, 2.75) is 18.2 Å². The summed E-state index contributed by atoms with van der Waals surface area (Å²) >= 11 is 6.73. The molecule has 0 aliphatic rings. The predicted molar refractivity (Wildman–Crippen MR) is 80.5 cm³/mol. The molecule has 1 N–H and O–H groups in total. The van der Waals surface area contributed by atoms with Crippen LogP contribution in [0.4, 0.5) is 0 Å². The lowest BCUT2D eigenvalue weighted by molar-refractivity contribution is 0.819. The van der Waals surface area contributed by atoms with E-state index in [1.165, 1.54) is 11.8 Å². The maximum atomic E-state index is 12.5. The van der Waals surface area contributed by atoms with Crippen molar-refractivity contribution < 1.29 is 1.43 Å². The number of benzene rings is 1. The van der Waals surface area contributed by atoms with Gasteiger partial charge in [-0.25, -0.2) is 0 Å². The Balaban J connectivity index is 0.00000180. The van der Waals surface area contributed by atoms with Gasteiger partial charge in [-0.1, -0.05) is 25.1 Å².